The van der Waals surface area contributed by atoms with Crippen LogP contribution in [0.1, 0.15) is 21.6 Å². The highest BCUT2D eigenvalue weighted by Crippen LogP contribution is 2.32. The van der Waals surface area contributed by atoms with Crippen LogP contribution in [0, 0.1) is 0 Å². The maximum absolute atomic E-state index is 12.6. The van der Waals surface area contributed by atoms with Gasteiger partial charge in [0, 0.05) is 42.5 Å². The lowest BCUT2D eigenvalue weighted by Crippen LogP contribution is -2.26. The molecule has 0 atom stereocenters. The second-order valence-corrected chi connectivity index (χ2v) is 5.61. The molecule has 3 heterocycles. The number of nitrogens with zero attached hydrogens (tertiary/aromatic N) is 2. The summed E-state index contributed by atoms with van der Waals surface area (Å²) in [5, 5.41) is 0. The van der Waals surface area contributed by atoms with Crippen molar-refractivity contribution in [3.05, 3.63) is 77.8 Å². The standard InChI is InChI=1S/C19H16N2O2/c22-19-16-7-3-6-15(18-8-4-12-23-18)17(16)13-21(19)11-9-14-5-1-2-10-20-14/h1-8,10,12H,9,11,13H2. The van der Waals surface area contributed by atoms with Crippen LogP contribution in [0.2, 0.25) is 0 Å². The average molecular weight is 304 g/mol. The van der Waals surface area contributed by atoms with Crippen LogP contribution in [0.15, 0.2) is 65.4 Å². The molecule has 23 heavy (non-hydrogen) atoms. The molecular formula is C19H16N2O2. The van der Waals surface area contributed by atoms with Crippen LogP contribution in [-0.4, -0.2) is 22.3 Å². The normalized spacial score (nSPS) is 13.4. The molecule has 4 heteroatoms. The van der Waals surface area contributed by atoms with Crippen LogP contribution in [0.3, 0.4) is 0 Å². The first kappa shape index (κ1) is 13.8. The number of carbonyl (C=O) groups excluding carboxylic acids is 1. The van der Waals surface area contributed by atoms with E-state index in [0.29, 0.717) is 13.1 Å². The van der Waals surface area contributed by atoms with Gasteiger partial charge in [0.25, 0.3) is 5.91 Å². The summed E-state index contributed by atoms with van der Waals surface area (Å²) in [5.74, 6) is 0.894. The van der Waals surface area contributed by atoms with E-state index in [4.69, 9.17) is 4.42 Å². The van der Waals surface area contributed by atoms with Crippen molar-refractivity contribution < 1.29 is 9.21 Å². The fourth-order valence-electron chi connectivity index (χ4n) is 3.03. The minimum Gasteiger partial charge on any atom is -0.464 e. The number of fused-ring (bicyclic) bond motifs is 1. The molecule has 0 saturated heterocycles. The van der Waals surface area contributed by atoms with E-state index in [9.17, 15) is 4.79 Å². The minimum atomic E-state index is 0.0873. The topological polar surface area (TPSA) is 46.3 Å². The Labute approximate surface area is 134 Å². The first-order valence-corrected chi connectivity index (χ1v) is 7.68. The van der Waals surface area contributed by atoms with Crippen molar-refractivity contribution in [1.82, 2.24) is 9.88 Å². The number of hydrogen-bond donors (Lipinski definition) is 0. The second-order valence-electron chi connectivity index (χ2n) is 5.61. The highest BCUT2D eigenvalue weighted by molar-refractivity contribution is 6.00. The van der Waals surface area contributed by atoms with Gasteiger partial charge in [0.05, 0.1) is 6.26 Å². The quantitative estimate of drug-likeness (QED) is 0.740. The minimum absolute atomic E-state index is 0.0873. The molecule has 114 valence electrons. The molecule has 0 aliphatic carbocycles. The van der Waals surface area contributed by atoms with Crippen LogP contribution in [0.5, 0.6) is 0 Å². The number of hydrogen-bond acceptors (Lipinski definition) is 3. The Bertz CT molecular complexity index is 826. The monoisotopic (exact) mass is 304 g/mol. The first-order chi connectivity index (χ1) is 11.3. The number of aromatic nitrogens is 1. The van der Waals surface area contributed by atoms with Gasteiger partial charge in [-0.3, -0.25) is 9.78 Å². The summed E-state index contributed by atoms with van der Waals surface area (Å²) in [7, 11) is 0. The fraction of sp³-hybridized carbons (Fsp3) is 0.158. The van der Waals surface area contributed by atoms with E-state index in [2.05, 4.69) is 4.98 Å². The zero-order valence-corrected chi connectivity index (χ0v) is 12.6. The Morgan fingerprint density at radius 2 is 1.96 bits per heavy atom. The number of benzene rings is 1. The lowest BCUT2D eigenvalue weighted by molar-refractivity contribution is 0.0780. The predicted molar refractivity (Wildman–Crippen MR) is 86.8 cm³/mol. The summed E-state index contributed by atoms with van der Waals surface area (Å²) in [5.41, 5.74) is 3.83. The van der Waals surface area contributed by atoms with Gasteiger partial charge in [0.15, 0.2) is 0 Å². The van der Waals surface area contributed by atoms with E-state index in [1.807, 2.05) is 53.4 Å². The van der Waals surface area contributed by atoms with E-state index < -0.39 is 0 Å². The number of carbonyl (C=O) groups is 1. The van der Waals surface area contributed by atoms with Gasteiger partial charge in [-0.15, -0.1) is 0 Å². The Kier molecular flexibility index (Phi) is 3.42. The molecule has 0 unspecified atom stereocenters. The Morgan fingerprint density at radius 1 is 1.04 bits per heavy atom. The van der Waals surface area contributed by atoms with Gasteiger partial charge < -0.3 is 9.32 Å². The molecule has 0 saturated carbocycles. The molecular weight excluding hydrogens is 288 g/mol. The number of amides is 1. The first-order valence-electron chi connectivity index (χ1n) is 7.68. The molecule has 1 aromatic carbocycles. The van der Waals surface area contributed by atoms with E-state index in [0.717, 1.165) is 34.6 Å². The van der Waals surface area contributed by atoms with E-state index in [-0.39, 0.29) is 5.91 Å². The van der Waals surface area contributed by atoms with Crippen molar-refractivity contribution in [2.24, 2.45) is 0 Å². The van der Waals surface area contributed by atoms with E-state index >= 15 is 0 Å². The van der Waals surface area contributed by atoms with Gasteiger partial charge in [-0.1, -0.05) is 18.2 Å². The SMILES string of the molecule is O=C1c2cccc(-c3ccco3)c2CN1CCc1ccccn1. The molecule has 1 aliphatic heterocycles. The summed E-state index contributed by atoms with van der Waals surface area (Å²) < 4.78 is 5.50. The van der Waals surface area contributed by atoms with Crippen LogP contribution in [0.25, 0.3) is 11.3 Å². The van der Waals surface area contributed by atoms with E-state index in [1.54, 1.807) is 12.5 Å². The van der Waals surface area contributed by atoms with Crippen LogP contribution in [-0.2, 0) is 13.0 Å². The predicted octanol–water partition coefficient (Wildman–Crippen LogP) is 3.54. The zero-order valence-electron chi connectivity index (χ0n) is 12.6. The maximum Gasteiger partial charge on any atom is 0.254 e. The Morgan fingerprint density at radius 3 is 2.74 bits per heavy atom. The highest BCUT2D eigenvalue weighted by atomic mass is 16.3. The molecule has 0 N–H and O–H groups in total. The summed E-state index contributed by atoms with van der Waals surface area (Å²) >= 11 is 0. The van der Waals surface area contributed by atoms with Gasteiger partial charge in [-0.25, -0.2) is 0 Å². The molecule has 1 aliphatic rings. The van der Waals surface area contributed by atoms with Crippen molar-refractivity contribution in [3.63, 3.8) is 0 Å². The third kappa shape index (κ3) is 2.52. The smallest absolute Gasteiger partial charge is 0.254 e. The molecule has 3 aromatic rings. The van der Waals surface area contributed by atoms with Crippen molar-refractivity contribution in [1.29, 1.82) is 0 Å². The fourth-order valence-corrected chi connectivity index (χ4v) is 3.03. The van der Waals surface area contributed by atoms with Crippen LogP contribution >= 0.6 is 0 Å². The third-order valence-electron chi connectivity index (χ3n) is 4.19. The number of pyridine rings is 1. The molecule has 0 radical (unpaired) electrons. The second kappa shape index (κ2) is 5.72. The maximum atomic E-state index is 12.6. The molecule has 0 spiro atoms. The highest BCUT2D eigenvalue weighted by Gasteiger charge is 2.29. The summed E-state index contributed by atoms with van der Waals surface area (Å²) in [6.45, 7) is 1.29. The third-order valence-corrected chi connectivity index (χ3v) is 4.19. The molecule has 1 amide bonds. The lowest BCUT2D eigenvalue weighted by atomic mass is 10.0. The van der Waals surface area contributed by atoms with Crippen molar-refractivity contribution in [2.75, 3.05) is 6.54 Å². The summed E-state index contributed by atoms with van der Waals surface area (Å²) in [4.78, 5) is 18.8. The van der Waals surface area contributed by atoms with Gasteiger partial charge in [-0.05, 0) is 35.9 Å². The molecule has 2 aromatic heterocycles. The molecule has 0 bridgehead atoms. The summed E-state index contributed by atoms with van der Waals surface area (Å²) in [6.07, 6.45) is 4.20. The largest absolute Gasteiger partial charge is 0.464 e. The van der Waals surface area contributed by atoms with Crippen LogP contribution in [0.4, 0.5) is 0 Å². The summed E-state index contributed by atoms with van der Waals surface area (Å²) in [6, 6.07) is 15.5. The van der Waals surface area contributed by atoms with Crippen molar-refractivity contribution >= 4 is 5.91 Å². The van der Waals surface area contributed by atoms with E-state index in [1.165, 1.54) is 0 Å². The Balaban J connectivity index is 1.57. The van der Waals surface area contributed by atoms with Crippen LogP contribution < -0.4 is 0 Å². The molecule has 4 rings (SSSR count). The van der Waals surface area contributed by atoms with Gasteiger partial charge in [-0.2, -0.15) is 0 Å². The zero-order chi connectivity index (χ0) is 15.6. The van der Waals surface area contributed by atoms with Crippen molar-refractivity contribution in [2.45, 2.75) is 13.0 Å². The number of rotatable bonds is 4. The van der Waals surface area contributed by atoms with Gasteiger partial charge in [0.1, 0.15) is 5.76 Å². The number of furan rings is 1. The molecule has 0 fully saturated rings. The lowest BCUT2D eigenvalue weighted by Gasteiger charge is -2.15. The van der Waals surface area contributed by atoms with Crippen molar-refractivity contribution in [3.8, 4) is 11.3 Å². The molecule has 4 nitrogen and oxygen atoms in total. The van der Waals surface area contributed by atoms with Gasteiger partial charge in [0.2, 0.25) is 0 Å². The van der Waals surface area contributed by atoms with Gasteiger partial charge >= 0.3 is 0 Å². The average Bonchev–Trinajstić information content (AvgIpc) is 3.23. The Hall–Kier alpha value is -2.88.